The number of piperidine rings is 1. The molecular weight excluding hydrogens is 188 g/mol. The fourth-order valence-electron chi connectivity index (χ4n) is 2.87. The molecule has 2 N–H and O–H groups in total. The summed E-state index contributed by atoms with van der Waals surface area (Å²) in [6.07, 6.45) is 6.68. The molecule has 0 bridgehead atoms. The average molecular weight is 212 g/mol. The Bertz CT molecular complexity index is 194. The molecule has 15 heavy (non-hydrogen) atoms. The zero-order chi connectivity index (χ0) is 10.7. The van der Waals surface area contributed by atoms with Gasteiger partial charge in [-0.2, -0.15) is 0 Å². The first-order valence-corrected chi connectivity index (χ1v) is 6.24. The van der Waals surface area contributed by atoms with Gasteiger partial charge in [0.2, 0.25) is 0 Å². The normalized spacial score (nSPS) is 32.0. The summed E-state index contributed by atoms with van der Waals surface area (Å²) in [5.41, 5.74) is 6.36. The monoisotopic (exact) mass is 212 g/mol. The van der Waals surface area contributed by atoms with Crippen LogP contribution in [0.4, 0.5) is 0 Å². The minimum absolute atomic E-state index is 0.377. The second-order valence-electron chi connectivity index (χ2n) is 5.35. The first kappa shape index (κ1) is 11.4. The Morgan fingerprint density at radius 3 is 2.67 bits per heavy atom. The molecule has 2 rings (SSSR count). The Kier molecular flexibility index (Phi) is 3.65. The molecule has 88 valence electrons. The predicted octanol–water partition coefficient (Wildman–Crippen LogP) is 1.23. The van der Waals surface area contributed by atoms with E-state index >= 15 is 0 Å². The van der Waals surface area contributed by atoms with Crippen molar-refractivity contribution in [3.05, 3.63) is 0 Å². The number of hydrogen-bond acceptors (Lipinski definition) is 3. The van der Waals surface area contributed by atoms with Crippen molar-refractivity contribution in [1.82, 2.24) is 4.90 Å². The minimum Gasteiger partial charge on any atom is -0.378 e. The van der Waals surface area contributed by atoms with Crippen LogP contribution in [0.1, 0.15) is 32.1 Å². The van der Waals surface area contributed by atoms with Crippen molar-refractivity contribution in [3.8, 4) is 0 Å². The van der Waals surface area contributed by atoms with Crippen molar-refractivity contribution >= 4 is 0 Å². The summed E-state index contributed by atoms with van der Waals surface area (Å²) in [4.78, 5) is 2.41. The highest BCUT2D eigenvalue weighted by Gasteiger charge is 2.35. The maximum Gasteiger partial charge on any atom is 0.0581 e. The van der Waals surface area contributed by atoms with E-state index in [0.717, 1.165) is 13.2 Å². The van der Waals surface area contributed by atoms with Crippen LogP contribution in [0.3, 0.4) is 0 Å². The Balaban J connectivity index is 1.89. The third-order valence-electron chi connectivity index (χ3n) is 4.17. The van der Waals surface area contributed by atoms with Gasteiger partial charge >= 0.3 is 0 Å². The summed E-state index contributed by atoms with van der Waals surface area (Å²) in [5.74, 6) is 0. The van der Waals surface area contributed by atoms with Gasteiger partial charge in [-0.25, -0.2) is 0 Å². The smallest absolute Gasteiger partial charge is 0.0581 e. The topological polar surface area (TPSA) is 38.5 Å². The highest BCUT2D eigenvalue weighted by atomic mass is 16.5. The van der Waals surface area contributed by atoms with Gasteiger partial charge < -0.3 is 15.4 Å². The molecule has 0 spiro atoms. The molecule has 2 saturated heterocycles. The van der Waals surface area contributed by atoms with Crippen molar-refractivity contribution in [2.75, 3.05) is 33.3 Å². The number of rotatable bonds is 3. The van der Waals surface area contributed by atoms with E-state index in [1.165, 1.54) is 45.2 Å². The minimum atomic E-state index is 0.377. The van der Waals surface area contributed by atoms with Crippen molar-refractivity contribution in [1.29, 1.82) is 0 Å². The van der Waals surface area contributed by atoms with Crippen LogP contribution >= 0.6 is 0 Å². The summed E-state index contributed by atoms with van der Waals surface area (Å²) < 4.78 is 5.74. The van der Waals surface area contributed by atoms with E-state index in [0.29, 0.717) is 11.5 Å². The molecule has 3 nitrogen and oxygen atoms in total. The van der Waals surface area contributed by atoms with Gasteiger partial charge in [-0.05, 0) is 64.2 Å². The lowest BCUT2D eigenvalue weighted by molar-refractivity contribution is 0.0336. The quantitative estimate of drug-likeness (QED) is 0.764. The van der Waals surface area contributed by atoms with Crippen molar-refractivity contribution in [3.63, 3.8) is 0 Å². The summed E-state index contributed by atoms with van der Waals surface area (Å²) in [6.45, 7) is 4.19. The van der Waals surface area contributed by atoms with E-state index in [1.54, 1.807) is 0 Å². The lowest BCUT2D eigenvalue weighted by atomic mass is 9.74. The van der Waals surface area contributed by atoms with Gasteiger partial charge in [-0.15, -0.1) is 0 Å². The molecule has 2 fully saturated rings. The standard InChI is InChI=1S/C12H24N2O/c1-14-6-4-12(10-13,5-7-14)9-11-3-2-8-15-11/h11H,2-10,13H2,1H3. The molecule has 0 aliphatic carbocycles. The van der Waals surface area contributed by atoms with Gasteiger partial charge in [-0.1, -0.05) is 0 Å². The zero-order valence-electron chi connectivity index (χ0n) is 9.87. The second kappa shape index (κ2) is 4.81. The van der Waals surface area contributed by atoms with E-state index < -0.39 is 0 Å². The Morgan fingerprint density at radius 2 is 2.13 bits per heavy atom. The first-order chi connectivity index (χ1) is 7.24. The molecule has 1 unspecified atom stereocenters. The first-order valence-electron chi connectivity index (χ1n) is 6.24. The van der Waals surface area contributed by atoms with Crippen molar-refractivity contribution in [2.45, 2.75) is 38.2 Å². The van der Waals surface area contributed by atoms with Crippen LogP contribution in [0.15, 0.2) is 0 Å². The van der Waals surface area contributed by atoms with Gasteiger partial charge in [-0.3, -0.25) is 0 Å². The van der Waals surface area contributed by atoms with Crippen LogP contribution in [0.5, 0.6) is 0 Å². The Hall–Kier alpha value is -0.120. The summed E-state index contributed by atoms with van der Waals surface area (Å²) in [6, 6.07) is 0. The molecule has 0 saturated carbocycles. The van der Waals surface area contributed by atoms with Gasteiger partial charge in [0.1, 0.15) is 0 Å². The largest absolute Gasteiger partial charge is 0.378 e. The van der Waals surface area contributed by atoms with Gasteiger partial charge in [0.15, 0.2) is 0 Å². The lowest BCUT2D eigenvalue weighted by Crippen LogP contribution is -2.44. The van der Waals surface area contributed by atoms with Crippen molar-refractivity contribution in [2.24, 2.45) is 11.1 Å². The highest BCUT2D eigenvalue weighted by Crippen LogP contribution is 2.37. The van der Waals surface area contributed by atoms with Gasteiger partial charge in [0, 0.05) is 6.61 Å². The molecule has 0 aromatic carbocycles. The van der Waals surface area contributed by atoms with Crippen LogP contribution < -0.4 is 5.73 Å². The molecule has 0 aromatic rings. The number of likely N-dealkylation sites (tertiary alicyclic amines) is 1. The number of hydrogen-bond donors (Lipinski definition) is 1. The molecule has 2 aliphatic heterocycles. The molecule has 1 atom stereocenters. The Morgan fingerprint density at radius 1 is 1.40 bits per heavy atom. The predicted molar refractivity (Wildman–Crippen MR) is 61.8 cm³/mol. The van der Waals surface area contributed by atoms with Gasteiger partial charge in [0.05, 0.1) is 6.10 Å². The van der Waals surface area contributed by atoms with E-state index in [4.69, 9.17) is 10.5 Å². The van der Waals surface area contributed by atoms with Gasteiger partial charge in [0.25, 0.3) is 0 Å². The van der Waals surface area contributed by atoms with Crippen LogP contribution in [-0.4, -0.2) is 44.3 Å². The molecule has 0 aromatic heterocycles. The maximum atomic E-state index is 5.99. The number of ether oxygens (including phenoxy) is 1. The van der Waals surface area contributed by atoms with Crippen LogP contribution in [-0.2, 0) is 4.74 Å². The summed E-state index contributed by atoms with van der Waals surface area (Å²) in [7, 11) is 2.20. The van der Waals surface area contributed by atoms with E-state index in [9.17, 15) is 0 Å². The molecule has 0 radical (unpaired) electrons. The molecule has 3 heteroatoms. The molecule has 2 heterocycles. The summed E-state index contributed by atoms with van der Waals surface area (Å²) >= 11 is 0. The molecule has 2 aliphatic rings. The third kappa shape index (κ3) is 2.71. The molecule has 0 amide bonds. The lowest BCUT2D eigenvalue weighted by Gasteiger charge is -2.41. The second-order valence-corrected chi connectivity index (χ2v) is 5.35. The van der Waals surface area contributed by atoms with Crippen LogP contribution in [0, 0.1) is 5.41 Å². The summed E-state index contributed by atoms with van der Waals surface area (Å²) in [5, 5.41) is 0. The van der Waals surface area contributed by atoms with Crippen LogP contribution in [0.25, 0.3) is 0 Å². The highest BCUT2D eigenvalue weighted by molar-refractivity contribution is 4.89. The van der Waals surface area contributed by atoms with Crippen LogP contribution in [0.2, 0.25) is 0 Å². The number of nitrogens with two attached hydrogens (primary N) is 1. The fourth-order valence-corrected chi connectivity index (χ4v) is 2.87. The molecular formula is C12H24N2O. The van der Waals surface area contributed by atoms with E-state index in [2.05, 4.69) is 11.9 Å². The third-order valence-corrected chi connectivity index (χ3v) is 4.17. The Labute approximate surface area is 93.0 Å². The fraction of sp³-hybridized carbons (Fsp3) is 1.00. The zero-order valence-corrected chi connectivity index (χ0v) is 9.87. The SMILES string of the molecule is CN1CCC(CN)(CC2CCCO2)CC1. The maximum absolute atomic E-state index is 5.99. The average Bonchev–Trinajstić information content (AvgIpc) is 2.75. The van der Waals surface area contributed by atoms with Crippen molar-refractivity contribution < 1.29 is 4.74 Å². The van der Waals surface area contributed by atoms with E-state index in [-0.39, 0.29) is 0 Å². The number of nitrogens with zero attached hydrogens (tertiary/aromatic N) is 1. The van der Waals surface area contributed by atoms with E-state index in [1.807, 2.05) is 0 Å².